The Morgan fingerprint density at radius 3 is 2.59 bits per heavy atom. The summed E-state index contributed by atoms with van der Waals surface area (Å²) in [6.45, 7) is 6.80. The lowest BCUT2D eigenvalue weighted by atomic mass is 9.79. The summed E-state index contributed by atoms with van der Waals surface area (Å²) < 4.78 is 16.1. The van der Waals surface area contributed by atoms with Crippen LogP contribution in [0.3, 0.4) is 0 Å². The molecule has 8 heteroatoms. The van der Waals surface area contributed by atoms with E-state index in [1.54, 1.807) is 23.7 Å². The van der Waals surface area contributed by atoms with Gasteiger partial charge in [0.15, 0.2) is 11.5 Å². The Balaban J connectivity index is 1.33. The highest BCUT2D eigenvalue weighted by Gasteiger charge is 2.39. The summed E-state index contributed by atoms with van der Waals surface area (Å²) in [6, 6.07) is 9.19. The number of amides is 1. The number of nitrogens with one attached hydrogen (secondary N) is 2. The van der Waals surface area contributed by atoms with Crippen LogP contribution in [0.2, 0.25) is 0 Å². The van der Waals surface area contributed by atoms with Crippen molar-refractivity contribution < 1.29 is 9.18 Å². The Morgan fingerprint density at radius 2 is 1.85 bits per heavy atom. The third-order valence-electron chi connectivity index (χ3n) is 7.27. The molecule has 0 aliphatic carbocycles. The fourth-order valence-corrected chi connectivity index (χ4v) is 5.29. The molecule has 1 spiro atoms. The van der Waals surface area contributed by atoms with Gasteiger partial charge < -0.3 is 19.9 Å². The maximum absolute atomic E-state index is 14.5. The topological polar surface area (TPSA) is 74.6 Å². The highest BCUT2D eigenvalue weighted by Crippen LogP contribution is 2.36. The lowest BCUT2D eigenvalue weighted by Crippen LogP contribution is -2.61. The van der Waals surface area contributed by atoms with E-state index >= 15 is 0 Å². The maximum Gasteiger partial charge on any atom is 0.257 e. The third kappa shape index (κ3) is 3.49. The molecule has 1 aromatic carbocycles. The molecule has 2 fully saturated rings. The van der Waals surface area contributed by atoms with Gasteiger partial charge in [0.2, 0.25) is 0 Å². The maximum atomic E-state index is 14.5. The van der Waals surface area contributed by atoms with Crippen molar-refractivity contribution in [2.75, 3.05) is 29.9 Å². The zero-order valence-electron chi connectivity index (χ0n) is 19.4. The van der Waals surface area contributed by atoms with Gasteiger partial charge in [0.1, 0.15) is 0 Å². The van der Waals surface area contributed by atoms with E-state index in [1.165, 1.54) is 12.5 Å². The molecule has 3 aromatic heterocycles. The number of anilines is 2. The Morgan fingerprint density at radius 1 is 1.06 bits per heavy atom. The summed E-state index contributed by atoms with van der Waals surface area (Å²) in [5.41, 5.74) is 4.72. The summed E-state index contributed by atoms with van der Waals surface area (Å²) in [4.78, 5) is 24.6. The number of aryl methyl sites for hydroxylation is 2. The van der Waals surface area contributed by atoms with Crippen LogP contribution in [0.4, 0.5) is 15.8 Å². The number of carbonyl (C=O) groups is 1. The van der Waals surface area contributed by atoms with E-state index < -0.39 is 5.82 Å². The molecule has 0 unspecified atom stereocenters. The normalized spacial score (nSPS) is 17.3. The molecule has 34 heavy (non-hydrogen) atoms. The van der Waals surface area contributed by atoms with Crippen LogP contribution < -0.4 is 15.5 Å². The molecule has 2 saturated heterocycles. The number of fused-ring (bicyclic) bond motifs is 2. The number of pyridine rings is 2. The van der Waals surface area contributed by atoms with Gasteiger partial charge in [-0.15, -0.1) is 0 Å². The van der Waals surface area contributed by atoms with E-state index in [-0.39, 0.29) is 11.6 Å². The molecule has 1 amide bonds. The fourth-order valence-electron chi connectivity index (χ4n) is 5.29. The number of rotatable bonds is 3. The van der Waals surface area contributed by atoms with Crippen LogP contribution in [0.5, 0.6) is 0 Å². The van der Waals surface area contributed by atoms with Crippen LogP contribution in [-0.4, -0.2) is 45.4 Å². The van der Waals surface area contributed by atoms with Gasteiger partial charge in [-0.05, 0) is 63.9 Å². The first-order valence-electron chi connectivity index (χ1n) is 11.8. The predicted molar refractivity (Wildman–Crippen MR) is 131 cm³/mol. The first-order chi connectivity index (χ1) is 16.4. The quantitative estimate of drug-likeness (QED) is 0.481. The molecular weight excluding hydrogens is 431 g/mol. The van der Waals surface area contributed by atoms with E-state index in [0.717, 1.165) is 49.2 Å². The molecule has 4 aromatic rings. The van der Waals surface area contributed by atoms with Crippen molar-refractivity contribution in [3.63, 3.8) is 0 Å². The van der Waals surface area contributed by atoms with Gasteiger partial charge in [0.05, 0.1) is 22.5 Å². The van der Waals surface area contributed by atoms with E-state index in [2.05, 4.69) is 26.6 Å². The highest BCUT2D eigenvalue weighted by molar-refractivity contribution is 6.14. The van der Waals surface area contributed by atoms with Gasteiger partial charge >= 0.3 is 0 Å². The van der Waals surface area contributed by atoms with E-state index in [1.807, 2.05) is 25.1 Å². The van der Waals surface area contributed by atoms with E-state index in [0.29, 0.717) is 28.0 Å². The minimum absolute atomic E-state index is 0.239. The zero-order chi connectivity index (χ0) is 23.4. The summed E-state index contributed by atoms with van der Waals surface area (Å²) >= 11 is 0. The van der Waals surface area contributed by atoms with E-state index in [4.69, 9.17) is 4.98 Å². The zero-order valence-corrected chi connectivity index (χ0v) is 19.4. The molecule has 2 aliphatic heterocycles. The van der Waals surface area contributed by atoms with Gasteiger partial charge in [-0.2, -0.15) is 0 Å². The molecule has 2 N–H and O–H groups in total. The number of hydrogen-bond donors (Lipinski definition) is 2. The highest BCUT2D eigenvalue weighted by atomic mass is 19.1. The molecule has 0 atom stereocenters. The average molecular weight is 459 g/mol. The van der Waals surface area contributed by atoms with Crippen LogP contribution in [0.1, 0.15) is 41.0 Å². The summed E-state index contributed by atoms with van der Waals surface area (Å²) in [6.07, 6.45) is 6.90. The Bertz CT molecular complexity index is 1430. The summed E-state index contributed by atoms with van der Waals surface area (Å²) in [7, 11) is 0. The van der Waals surface area contributed by atoms with Gasteiger partial charge in [0, 0.05) is 53.9 Å². The predicted octanol–water partition coefficient (Wildman–Crippen LogP) is 4.22. The van der Waals surface area contributed by atoms with E-state index in [9.17, 15) is 9.18 Å². The van der Waals surface area contributed by atoms with Gasteiger partial charge in [0.25, 0.3) is 5.91 Å². The molecule has 7 nitrogen and oxygen atoms in total. The van der Waals surface area contributed by atoms with Crippen molar-refractivity contribution in [3.8, 4) is 0 Å². The van der Waals surface area contributed by atoms with Crippen LogP contribution in [0.25, 0.3) is 16.6 Å². The minimum Gasteiger partial charge on any atom is -0.371 e. The van der Waals surface area contributed by atoms with Crippen molar-refractivity contribution in [2.45, 2.75) is 38.6 Å². The monoisotopic (exact) mass is 458 g/mol. The van der Waals surface area contributed by atoms with Gasteiger partial charge in [-0.25, -0.2) is 9.37 Å². The SMILES string of the molecule is Cc1ccc2c(N3CCC4(CCN4)CC3)ccc(C(=O)Nc3cc(F)c4nc(C)cn4c3)c2n1. The smallest absolute Gasteiger partial charge is 0.257 e. The lowest BCUT2D eigenvalue weighted by Gasteiger charge is -2.49. The lowest BCUT2D eigenvalue weighted by molar-refractivity contribution is 0.102. The molecule has 0 bridgehead atoms. The van der Waals surface area contributed by atoms with Crippen LogP contribution in [0, 0.1) is 19.7 Å². The number of carbonyl (C=O) groups excluding carboxylic acids is 1. The molecule has 0 saturated carbocycles. The number of imidazole rings is 1. The second-order valence-corrected chi connectivity index (χ2v) is 9.57. The molecular formula is C26H27FN6O. The Hall–Kier alpha value is -3.52. The van der Waals surface area contributed by atoms with Crippen molar-refractivity contribution in [3.05, 3.63) is 65.5 Å². The first kappa shape index (κ1) is 21.0. The standard InChI is InChI=1S/C26H27FN6O/c1-16-3-4-19-22(32-11-8-26(9-12-32)7-10-28-26)6-5-20(23(19)29-16)25(34)31-18-13-21(27)24-30-17(2)14-33(24)15-18/h3-6,13-15,28H,7-12H2,1-2H3,(H,31,34). The number of benzene rings is 1. The number of aromatic nitrogens is 3. The van der Waals surface area contributed by atoms with Crippen molar-refractivity contribution in [1.29, 1.82) is 0 Å². The fraction of sp³-hybridized carbons (Fsp3) is 0.346. The van der Waals surface area contributed by atoms with Crippen molar-refractivity contribution >= 4 is 33.8 Å². The van der Waals surface area contributed by atoms with Crippen LogP contribution in [0.15, 0.2) is 42.7 Å². The molecule has 2 aliphatic rings. The minimum atomic E-state index is -0.483. The largest absolute Gasteiger partial charge is 0.371 e. The average Bonchev–Trinajstić information content (AvgIpc) is 3.18. The molecule has 6 rings (SSSR count). The first-order valence-corrected chi connectivity index (χ1v) is 11.8. The molecule has 5 heterocycles. The Kier molecular flexibility index (Phi) is 4.81. The van der Waals surface area contributed by atoms with Crippen molar-refractivity contribution in [1.82, 2.24) is 19.7 Å². The third-order valence-corrected chi connectivity index (χ3v) is 7.27. The number of piperidine rings is 1. The summed E-state index contributed by atoms with van der Waals surface area (Å²) in [5.74, 6) is -0.801. The Labute approximate surface area is 197 Å². The van der Waals surface area contributed by atoms with Crippen molar-refractivity contribution in [2.24, 2.45) is 0 Å². The second kappa shape index (κ2) is 7.77. The summed E-state index contributed by atoms with van der Waals surface area (Å²) in [5, 5.41) is 7.43. The number of halogens is 1. The molecule has 0 radical (unpaired) electrons. The number of nitrogens with zero attached hydrogens (tertiary/aromatic N) is 4. The van der Waals surface area contributed by atoms with Gasteiger partial charge in [-0.3, -0.25) is 9.78 Å². The van der Waals surface area contributed by atoms with Gasteiger partial charge in [-0.1, -0.05) is 0 Å². The van der Waals surface area contributed by atoms with Crippen LogP contribution >= 0.6 is 0 Å². The van der Waals surface area contributed by atoms with Crippen LogP contribution in [-0.2, 0) is 0 Å². The second-order valence-electron chi connectivity index (χ2n) is 9.57. The number of hydrogen-bond acceptors (Lipinski definition) is 5. The molecule has 174 valence electrons.